The van der Waals surface area contributed by atoms with Crippen LogP contribution in [0.4, 0.5) is 11.4 Å². The van der Waals surface area contributed by atoms with E-state index in [9.17, 15) is 5.11 Å². The predicted octanol–water partition coefficient (Wildman–Crippen LogP) is 6.03. The van der Waals surface area contributed by atoms with E-state index in [1.54, 1.807) is 11.3 Å². The van der Waals surface area contributed by atoms with Crippen LogP contribution < -0.4 is 5.32 Å². The summed E-state index contributed by atoms with van der Waals surface area (Å²) in [5.74, 6) is 0. The highest BCUT2D eigenvalue weighted by Gasteiger charge is 2.20. The second-order valence-electron chi connectivity index (χ2n) is 6.51. The molecule has 0 saturated carbocycles. The van der Waals surface area contributed by atoms with Gasteiger partial charge in [-0.15, -0.1) is 11.3 Å². The molecule has 0 bridgehead atoms. The summed E-state index contributed by atoms with van der Waals surface area (Å²) in [5, 5.41) is 16.5. The summed E-state index contributed by atoms with van der Waals surface area (Å²) in [7, 11) is 0. The number of hydrogen-bond acceptors (Lipinski definition) is 3. The zero-order valence-electron chi connectivity index (χ0n) is 13.7. The van der Waals surface area contributed by atoms with Crippen LogP contribution in [0.2, 0.25) is 0 Å². The Hall–Kier alpha value is -2.36. The van der Waals surface area contributed by atoms with Crippen molar-refractivity contribution in [2.24, 2.45) is 0 Å². The molecule has 0 aliphatic rings. The lowest BCUT2D eigenvalue weighted by Gasteiger charge is -2.22. The minimum absolute atomic E-state index is 0.891. The van der Waals surface area contributed by atoms with Gasteiger partial charge in [-0.05, 0) is 32.0 Å². The van der Waals surface area contributed by atoms with Gasteiger partial charge in [-0.1, -0.05) is 48.5 Å². The average Bonchev–Trinajstić information content (AvgIpc) is 2.94. The van der Waals surface area contributed by atoms with Gasteiger partial charge in [0.15, 0.2) is 0 Å². The van der Waals surface area contributed by atoms with Gasteiger partial charge in [-0.3, -0.25) is 0 Å². The second kappa shape index (κ2) is 5.62. The lowest BCUT2D eigenvalue weighted by Crippen LogP contribution is -2.17. The normalized spacial score (nSPS) is 12.0. The summed E-state index contributed by atoms with van der Waals surface area (Å²) in [6.45, 7) is 3.63. The summed E-state index contributed by atoms with van der Waals surface area (Å²) in [6.07, 6.45) is 0. The Bertz CT molecular complexity index is 1030. The van der Waals surface area contributed by atoms with Crippen LogP contribution in [-0.4, -0.2) is 5.11 Å². The van der Waals surface area contributed by atoms with Gasteiger partial charge in [0.2, 0.25) is 0 Å². The van der Waals surface area contributed by atoms with Gasteiger partial charge in [-0.2, -0.15) is 0 Å². The van der Waals surface area contributed by atoms with E-state index in [0.29, 0.717) is 0 Å². The Morgan fingerprint density at radius 2 is 1.46 bits per heavy atom. The standard InChI is InChI=1S/C21H19NOS/c1-21(2,23)16-10-4-5-11-17(16)22-18-12-7-9-15-14-8-3-6-13-19(14)24-20(15)18/h3-13,22-23H,1-2H3. The van der Waals surface area contributed by atoms with Gasteiger partial charge in [0, 0.05) is 26.7 Å². The van der Waals surface area contributed by atoms with Crippen molar-refractivity contribution < 1.29 is 5.11 Å². The molecule has 4 rings (SSSR count). The number of anilines is 2. The van der Waals surface area contributed by atoms with E-state index >= 15 is 0 Å². The Kier molecular flexibility index (Phi) is 3.56. The number of rotatable bonds is 3. The highest BCUT2D eigenvalue weighted by molar-refractivity contribution is 7.26. The van der Waals surface area contributed by atoms with E-state index in [1.165, 1.54) is 20.2 Å². The first-order chi connectivity index (χ1) is 11.5. The van der Waals surface area contributed by atoms with Crippen LogP contribution in [0.3, 0.4) is 0 Å². The number of aliphatic hydroxyl groups is 1. The molecule has 3 heteroatoms. The van der Waals surface area contributed by atoms with E-state index in [4.69, 9.17) is 0 Å². The van der Waals surface area contributed by atoms with Crippen LogP contribution >= 0.6 is 11.3 Å². The quantitative estimate of drug-likeness (QED) is 0.480. The van der Waals surface area contributed by atoms with E-state index < -0.39 is 5.60 Å². The van der Waals surface area contributed by atoms with E-state index in [0.717, 1.165) is 16.9 Å². The van der Waals surface area contributed by atoms with Crippen molar-refractivity contribution >= 4 is 42.9 Å². The summed E-state index contributed by atoms with van der Waals surface area (Å²) in [6, 6.07) is 22.8. The lowest BCUT2D eigenvalue weighted by atomic mass is 9.96. The van der Waals surface area contributed by atoms with E-state index in [2.05, 4.69) is 47.8 Å². The number of benzene rings is 3. The van der Waals surface area contributed by atoms with E-state index in [-0.39, 0.29) is 0 Å². The maximum atomic E-state index is 10.4. The molecule has 2 nitrogen and oxygen atoms in total. The van der Waals surface area contributed by atoms with Gasteiger partial charge in [0.1, 0.15) is 0 Å². The Morgan fingerprint density at radius 3 is 2.29 bits per heavy atom. The molecule has 2 N–H and O–H groups in total. The van der Waals surface area contributed by atoms with E-state index in [1.807, 2.05) is 38.1 Å². The third kappa shape index (κ3) is 2.56. The summed E-state index contributed by atoms with van der Waals surface area (Å²) in [5.41, 5.74) is 2.01. The first-order valence-corrected chi connectivity index (χ1v) is 8.85. The van der Waals surface area contributed by atoms with Gasteiger partial charge in [0.05, 0.1) is 16.0 Å². The monoisotopic (exact) mass is 333 g/mol. The molecule has 4 aromatic rings. The minimum Gasteiger partial charge on any atom is -0.386 e. The second-order valence-corrected chi connectivity index (χ2v) is 7.56. The first kappa shape index (κ1) is 15.2. The minimum atomic E-state index is -0.891. The Labute approximate surface area is 145 Å². The molecular weight excluding hydrogens is 314 g/mol. The lowest BCUT2D eigenvalue weighted by molar-refractivity contribution is 0.0794. The van der Waals surface area contributed by atoms with Crippen molar-refractivity contribution in [3.05, 3.63) is 72.3 Å². The molecule has 0 aliphatic carbocycles. The van der Waals surface area contributed by atoms with Crippen molar-refractivity contribution in [3.8, 4) is 0 Å². The first-order valence-electron chi connectivity index (χ1n) is 8.03. The van der Waals surface area contributed by atoms with Crippen molar-refractivity contribution in [3.63, 3.8) is 0 Å². The molecule has 0 spiro atoms. The third-order valence-electron chi connectivity index (χ3n) is 4.26. The van der Waals surface area contributed by atoms with Crippen LogP contribution in [0.25, 0.3) is 20.2 Å². The number of thiophene rings is 1. The van der Waals surface area contributed by atoms with Crippen LogP contribution in [0.15, 0.2) is 66.7 Å². The maximum Gasteiger partial charge on any atom is 0.0860 e. The number of fused-ring (bicyclic) bond motifs is 3. The third-order valence-corrected chi connectivity index (χ3v) is 5.48. The molecule has 120 valence electrons. The molecule has 1 heterocycles. The molecule has 0 saturated heterocycles. The van der Waals surface area contributed by atoms with Crippen molar-refractivity contribution in [1.82, 2.24) is 0 Å². The molecular formula is C21H19NOS. The average molecular weight is 333 g/mol. The smallest absolute Gasteiger partial charge is 0.0860 e. The molecule has 0 unspecified atom stereocenters. The fraction of sp³-hybridized carbons (Fsp3) is 0.143. The summed E-state index contributed by atoms with van der Waals surface area (Å²) < 4.78 is 2.53. The molecule has 0 radical (unpaired) electrons. The zero-order valence-corrected chi connectivity index (χ0v) is 14.5. The SMILES string of the molecule is CC(C)(O)c1ccccc1Nc1cccc2c1sc1ccccc12. The topological polar surface area (TPSA) is 32.3 Å². The van der Waals surface area contributed by atoms with Crippen LogP contribution in [-0.2, 0) is 5.60 Å². The predicted molar refractivity (Wildman–Crippen MR) is 104 cm³/mol. The Morgan fingerprint density at radius 1 is 0.792 bits per heavy atom. The molecule has 0 aliphatic heterocycles. The Balaban J connectivity index is 1.87. The molecule has 0 amide bonds. The van der Waals surface area contributed by atoms with Crippen LogP contribution in [0.5, 0.6) is 0 Å². The van der Waals surface area contributed by atoms with Crippen LogP contribution in [0.1, 0.15) is 19.4 Å². The number of hydrogen-bond donors (Lipinski definition) is 2. The fourth-order valence-corrected chi connectivity index (χ4v) is 4.29. The molecule has 0 atom stereocenters. The number of para-hydroxylation sites is 1. The van der Waals surface area contributed by atoms with Crippen molar-refractivity contribution in [2.75, 3.05) is 5.32 Å². The van der Waals surface area contributed by atoms with Gasteiger partial charge >= 0.3 is 0 Å². The highest BCUT2D eigenvalue weighted by atomic mass is 32.1. The van der Waals surface area contributed by atoms with Crippen LogP contribution in [0, 0.1) is 0 Å². The van der Waals surface area contributed by atoms with Gasteiger partial charge < -0.3 is 10.4 Å². The molecule has 24 heavy (non-hydrogen) atoms. The van der Waals surface area contributed by atoms with Crippen molar-refractivity contribution in [1.29, 1.82) is 0 Å². The summed E-state index contributed by atoms with van der Waals surface area (Å²) >= 11 is 1.80. The maximum absolute atomic E-state index is 10.4. The summed E-state index contributed by atoms with van der Waals surface area (Å²) in [4.78, 5) is 0. The van der Waals surface area contributed by atoms with Gasteiger partial charge in [0.25, 0.3) is 0 Å². The number of nitrogens with one attached hydrogen (secondary N) is 1. The molecule has 0 fully saturated rings. The largest absolute Gasteiger partial charge is 0.386 e. The highest BCUT2D eigenvalue weighted by Crippen LogP contribution is 2.40. The molecule has 1 aromatic heterocycles. The molecule has 3 aromatic carbocycles. The van der Waals surface area contributed by atoms with Crippen molar-refractivity contribution in [2.45, 2.75) is 19.4 Å². The fourth-order valence-electron chi connectivity index (χ4n) is 3.12. The zero-order chi connectivity index (χ0) is 16.7. The van der Waals surface area contributed by atoms with Gasteiger partial charge in [-0.25, -0.2) is 0 Å².